The van der Waals surface area contributed by atoms with Gasteiger partial charge in [0.15, 0.2) is 16.7 Å². The summed E-state index contributed by atoms with van der Waals surface area (Å²) in [6, 6.07) is 15.5. The van der Waals surface area contributed by atoms with Crippen LogP contribution in [0, 0.1) is 0 Å². The summed E-state index contributed by atoms with van der Waals surface area (Å²) in [5.74, 6) is 2.71. The first-order chi connectivity index (χ1) is 13.3. The molecule has 7 nitrogen and oxygen atoms in total. The van der Waals surface area contributed by atoms with E-state index in [-0.39, 0.29) is 0 Å². The quantitative estimate of drug-likeness (QED) is 0.424. The lowest BCUT2D eigenvalue weighted by Crippen LogP contribution is -2.07. The van der Waals surface area contributed by atoms with E-state index >= 15 is 0 Å². The van der Waals surface area contributed by atoms with Gasteiger partial charge in [-0.3, -0.25) is 4.57 Å². The van der Waals surface area contributed by atoms with Gasteiger partial charge in [-0.15, -0.1) is 10.2 Å². The van der Waals surface area contributed by atoms with Gasteiger partial charge in [-0.05, 0) is 12.1 Å². The highest BCUT2D eigenvalue weighted by molar-refractivity contribution is 7.98. The largest absolute Gasteiger partial charge is 0.461 e. The lowest BCUT2D eigenvalue weighted by Gasteiger charge is -2.09. The summed E-state index contributed by atoms with van der Waals surface area (Å²) >= 11 is 1.56. The molecule has 3 aromatic heterocycles. The van der Waals surface area contributed by atoms with E-state index in [1.807, 2.05) is 48.5 Å². The summed E-state index contributed by atoms with van der Waals surface area (Å²) in [6.07, 6.45) is 1.61. The summed E-state index contributed by atoms with van der Waals surface area (Å²) < 4.78 is 18.0. The SMILES string of the molecule is COCCn1c(SCc2cc(-c3ccco3)on2)nnc1-c1ccccc1. The Morgan fingerprint density at radius 1 is 1.07 bits per heavy atom. The van der Waals surface area contributed by atoms with Gasteiger partial charge in [-0.1, -0.05) is 47.3 Å². The van der Waals surface area contributed by atoms with Crippen molar-refractivity contribution in [2.24, 2.45) is 0 Å². The zero-order valence-corrected chi connectivity index (χ0v) is 15.6. The summed E-state index contributed by atoms with van der Waals surface area (Å²) in [7, 11) is 1.69. The van der Waals surface area contributed by atoms with Gasteiger partial charge < -0.3 is 13.7 Å². The van der Waals surface area contributed by atoms with E-state index in [0.29, 0.717) is 30.4 Å². The van der Waals surface area contributed by atoms with Gasteiger partial charge in [0.2, 0.25) is 5.76 Å². The summed E-state index contributed by atoms with van der Waals surface area (Å²) in [5.41, 5.74) is 1.84. The lowest BCUT2D eigenvalue weighted by atomic mass is 10.2. The number of methoxy groups -OCH3 is 1. The maximum absolute atomic E-state index is 5.35. The third-order valence-electron chi connectivity index (χ3n) is 3.94. The van der Waals surface area contributed by atoms with Crippen molar-refractivity contribution >= 4 is 11.8 Å². The molecule has 0 saturated carbocycles. The highest BCUT2D eigenvalue weighted by atomic mass is 32.2. The van der Waals surface area contributed by atoms with Crippen molar-refractivity contribution in [3.63, 3.8) is 0 Å². The van der Waals surface area contributed by atoms with E-state index in [0.717, 1.165) is 22.2 Å². The average molecular weight is 382 g/mol. The Bertz CT molecular complexity index is 980. The molecule has 0 unspecified atom stereocenters. The Hall–Kier alpha value is -2.84. The molecule has 0 radical (unpaired) electrons. The minimum absolute atomic E-state index is 0.581. The van der Waals surface area contributed by atoms with Crippen LogP contribution in [0.4, 0.5) is 0 Å². The fourth-order valence-corrected chi connectivity index (χ4v) is 3.48. The molecule has 8 heteroatoms. The topological polar surface area (TPSA) is 79.1 Å². The molecule has 4 rings (SSSR count). The molecule has 0 bridgehead atoms. The molecule has 0 amide bonds. The van der Waals surface area contributed by atoms with E-state index in [1.54, 1.807) is 25.1 Å². The molecule has 0 spiro atoms. The highest BCUT2D eigenvalue weighted by Crippen LogP contribution is 2.28. The van der Waals surface area contributed by atoms with Gasteiger partial charge in [0, 0.05) is 24.5 Å². The molecule has 0 saturated heterocycles. The van der Waals surface area contributed by atoms with E-state index in [9.17, 15) is 0 Å². The number of hydrogen-bond donors (Lipinski definition) is 0. The van der Waals surface area contributed by atoms with Crippen LogP contribution in [0.1, 0.15) is 5.69 Å². The first kappa shape index (κ1) is 17.6. The van der Waals surface area contributed by atoms with Crippen LogP contribution < -0.4 is 0 Å². The normalized spacial score (nSPS) is 11.1. The molecule has 0 N–H and O–H groups in total. The zero-order chi connectivity index (χ0) is 18.5. The molecule has 4 aromatic rings. The summed E-state index contributed by atoms with van der Waals surface area (Å²) in [5, 5.41) is 13.7. The Labute approximate surface area is 160 Å². The van der Waals surface area contributed by atoms with Crippen LogP contribution in [-0.2, 0) is 17.0 Å². The molecule has 0 aliphatic carbocycles. The number of hydrogen-bond acceptors (Lipinski definition) is 7. The van der Waals surface area contributed by atoms with E-state index in [2.05, 4.69) is 19.9 Å². The Balaban J connectivity index is 1.52. The predicted molar refractivity (Wildman–Crippen MR) is 101 cm³/mol. The number of nitrogens with zero attached hydrogens (tertiary/aromatic N) is 4. The monoisotopic (exact) mass is 382 g/mol. The lowest BCUT2D eigenvalue weighted by molar-refractivity contribution is 0.185. The predicted octanol–water partition coefficient (Wildman–Crippen LogP) is 4.13. The fraction of sp³-hybridized carbons (Fsp3) is 0.211. The summed E-state index contributed by atoms with van der Waals surface area (Å²) in [6.45, 7) is 1.25. The van der Waals surface area contributed by atoms with Gasteiger partial charge in [0.25, 0.3) is 0 Å². The van der Waals surface area contributed by atoms with Gasteiger partial charge in [0.05, 0.1) is 25.1 Å². The van der Waals surface area contributed by atoms with Crippen molar-refractivity contribution in [1.29, 1.82) is 0 Å². The molecular formula is C19H18N4O3S. The molecule has 0 aliphatic heterocycles. The van der Waals surface area contributed by atoms with Crippen molar-refractivity contribution < 1.29 is 13.7 Å². The van der Waals surface area contributed by atoms with Crippen LogP contribution in [0.5, 0.6) is 0 Å². The Kier molecular flexibility index (Phi) is 5.36. The highest BCUT2D eigenvalue weighted by Gasteiger charge is 2.16. The van der Waals surface area contributed by atoms with Crippen molar-refractivity contribution in [2.45, 2.75) is 17.5 Å². The molecule has 0 aliphatic rings. The van der Waals surface area contributed by atoms with Crippen molar-refractivity contribution in [3.05, 3.63) is 60.5 Å². The van der Waals surface area contributed by atoms with E-state index in [4.69, 9.17) is 13.7 Å². The first-order valence-corrected chi connectivity index (χ1v) is 9.43. The van der Waals surface area contributed by atoms with Crippen LogP contribution in [-0.4, -0.2) is 33.6 Å². The number of ether oxygens (including phenoxy) is 1. The number of aromatic nitrogens is 4. The molecule has 1 aromatic carbocycles. The van der Waals surface area contributed by atoms with Crippen LogP contribution in [0.3, 0.4) is 0 Å². The maximum Gasteiger partial charge on any atom is 0.202 e. The molecule has 27 heavy (non-hydrogen) atoms. The molecule has 3 heterocycles. The molecule has 138 valence electrons. The Morgan fingerprint density at radius 3 is 2.74 bits per heavy atom. The maximum atomic E-state index is 5.35. The van der Waals surface area contributed by atoms with Crippen molar-refractivity contribution in [2.75, 3.05) is 13.7 Å². The van der Waals surface area contributed by atoms with Gasteiger partial charge >= 0.3 is 0 Å². The number of benzene rings is 1. The van der Waals surface area contributed by atoms with Crippen LogP contribution >= 0.6 is 11.8 Å². The molecular weight excluding hydrogens is 364 g/mol. The second-order valence-corrected chi connectivity index (χ2v) is 6.71. The van der Waals surface area contributed by atoms with Crippen LogP contribution in [0.2, 0.25) is 0 Å². The third-order valence-corrected chi connectivity index (χ3v) is 4.94. The van der Waals surface area contributed by atoms with Crippen molar-refractivity contribution in [1.82, 2.24) is 19.9 Å². The minimum Gasteiger partial charge on any atom is -0.461 e. The summed E-state index contributed by atoms with van der Waals surface area (Å²) in [4.78, 5) is 0. The standard InChI is InChI=1S/C19H18N4O3S/c1-24-11-9-23-18(14-6-3-2-4-7-14)20-21-19(23)27-13-15-12-17(26-22-15)16-8-5-10-25-16/h2-8,10,12H,9,11,13H2,1H3. The number of furan rings is 1. The van der Waals surface area contributed by atoms with Gasteiger partial charge in [0.1, 0.15) is 0 Å². The molecule has 0 fully saturated rings. The van der Waals surface area contributed by atoms with E-state index < -0.39 is 0 Å². The number of rotatable bonds is 8. The minimum atomic E-state index is 0.581. The van der Waals surface area contributed by atoms with Gasteiger partial charge in [-0.25, -0.2) is 0 Å². The van der Waals surface area contributed by atoms with Gasteiger partial charge in [-0.2, -0.15) is 0 Å². The molecule has 0 atom stereocenters. The zero-order valence-electron chi connectivity index (χ0n) is 14.7. The number of thioether (sulfide) groups is 1. The fourth-order valence-electron chi connectivity index (χ4n) is 2.63. The van der Waals surface area contributed by atoms with Crippen LogP contribution in [0.25, 0.3) is 22.9 Å². The van der Waals surface area contributed by atoms with E-state index in [1.165, 1.54) is 0 Å². The second-order valence-electron chi connectivity index (χ2n) is 5.77. The van der Waals surface area contributed by atoms with Crippen LogP contribution in [0.15, 0.2) is 68.9 Å². The average Bonchev–Trinajstić information content (AvgIpc) is 3.45. The second kappa shape index (κ2) is 8.24. The first-order valence-electron chi connectivity index (χ1n) is 8.45. The smallest absolute Gasteiger partial charge is 0.202 e. The third kappa shape index (κ3) is 3.96. The van der Waals surface area contributed by atoms with Crippen molar-refractivity contribution in [3.8, 4) is 22.9 Å². The Morgan fingerprint density at radius 2 is 1.96 bits per heavy atom.